The maximum atomic E-state index is 8.71. The molecule has 1 atom stereocenters. The molecule has 1 rings (SSSR count). The molecule has 0 aromatic heterocycles. The molecular weight excluding hydrogens is 205 g/mol. The molecule has 0 aromatic carbocycles. The molecule has 6 heteroatoms. The van der Waals surface area contributed by atoms with Crippen LogP contribution in [0, 0.1) is 0 Å². The Morgan fingerprint density at radius 2 is 2.07 bits per heavy atom. The van der Waals surface area contributed by atoms with Crippen molar-refractivity contribution in [3.05, 3.63) is 0 Å². The zero-order chi connectivity index (χ0) is 10.8. The first-order chi connectivity index (χ1) is 6.40. The summed E-state index contributed by atoms with van der Waals surface area (Å²) >= 11 is 0. The van der Waals surface area contributed by atoms with Gasteiger partial charge in [0.2, 0.25) is 0 Å². The predicted octanol–water partition coefficient (Wildman–Crippen LogP) is 0.263. The van der Waals surface area contributed by atoms with Gasteiger partial charge in [0.25, 0.3) is 0 Å². The topological polar surface area (TPSA) is 73.2 Å². The second kappa shape index (κ2) is 4.84. The van der Waals surface area contributed by atoms with Crippen LogP contribution in [-0.4, -0.2) is 44.8 Å². The fourth-order valence-corrected chi connectivity index (χ4v) is 2.34. The van der Waals surface area contributed by atoms with E-state index in [2.05, 4.69) is 23.3 Å². The normalized spacial score (nSPS) is 26.0. The summed E-state index contributed by atoms with van der Waals surface area (Å²) in [6.45, 7) is 5.41. The summed E-state index contributed by atoms with van der Waals surface area (Å²) in [5.74, 6) is 0. The van der Waals surface area contributed by atoms with E-state index in [0.29, 0.717) is 6.04 Å². The Morgan fingerprint density at radius 1 is 1.43 bits per heavy atom. The fourth-order valence-electron chi connectivity index (χ4n) is 1.92. The van der Waals surface area contributed by atoms with Crippen molar-refractivity contribution >= 4 is 8.17 Å². The molecule has 5 nitrogen and oxygen atoms in total. The van der Waals surface area contributed by atoms with E-state index in [0.717, 1.165) is 19.4 Å². The molecule has 0 amide bonds. The summed E-state index contributed by atoms with van der Waals surface area (Å²) in [5.41, 5.74) is 0. The first-order valence-electron chi connectivity index (χ1n) is 4.97. The third-order valence-corrected chi connectivity index (χ3v) is 3.11. The molecule has 1 heterocycles. The van der Waals surface area contributed by atoms with Gasteiger partial charge in [0.05, 0.1) is 0 Å². The van der Waals surface area contributed by atoms with Crippen molar-refractivity contribution in [1.82, 2.24) is 4.90 Å². The Balaban J connectivity index is 2.36. The van der Waals surface area contributed by atoms with Crippen LogP contribution >= 0.6 is 8.17 Å². The summed E-state index contributed by atoms with van der Waals surface area (Å²) in [6, 6.07) is 0.631. The molecule has 0 aliphatic carbocycles. The van der Waals surface area contributed by atoms with Gasteiger partial charge in [-0.1, -0.05) is 0 Å². The molecule has 3 N–H and O–H groups in total. The molecule has 0 radical (unpaired) electrons. The van der Waals surface area contributed by atoms with E-state index in [9.17, 15) is 0 Å². The Labute approximate surface area is 85.0 Å². The Kier molecular flexibility index (Phi) is 4.25. The number of likely N-dealkylation sites (tertiary alicyclic amines) is 1. The summed E-state index contributed by atoms with van der Waals surface area (Å²) in [7, 11) is -4.32. The Morgan fingerprint density at radius 3 is 2.57 bits per heavy atom. The summed E-state index contributed by atoms with van der Waals surface area (Å²) < 4.78 is 4.66. The van der Waals surface area contributed by atoms with Crippen molar-refractivity contribution in [1.29, 1.82) is 0 Å². The van der Waals surface area contributed by atoms with E-state index in [1.165, 1.54) is 0 Å². The predicted molar refractivity (Wildman–Crippen MR) is 55.8 cm³/mol. The van der Waals surface area contributed by atoms with Crippen LogP contribution in [0.2, 0.25) is 0 Å². The van der Waals surface area contributed by atoms with Gasteiger partial charge in [-0.15, -0.1) is 0 Å². The molecule has 0 spiro atoms. The van der Waals surface area contributed by atoms with Crippen molar-refractivity contribution < 1.29 is 19.2 Å². The first-order valence-corrected chi connectivity index (χ1v) is 6.72. The zero-order valence-electron chi connectivity index (χ0n) is 8.68. The molecule has 14 heavy (non-hydrogen) atoms. The van der Waals surface area contributed by atoms with Crippen molar-refractivity contribution in [2.45, 2.75) is 38.8 Å². The van der Waals surface area contributed by atoms with Gasteiger partial charge < -0.3 is 0 Å². The van der Waals surface area contributed by atoms with Crippen LogP contribution in [0.5, 0.6) is 0 Å². The molecule has 1 aliphatic heterocycles. The summed E-state index contributed by atoms with van der Waals surface area (Å²) in [4.78, 5) is 28.4. The van der Waals surface area contributed by atoms with Gasteiger partial charge in [-0.2, -0.15) is 0 Å². The minimum atomic E-state index is -4.32. The van der Waals surface area contributed by atoms with Crippen molar-refractivity contribution in [3.63, 3.8) is 0 Å². The van der Waals surface area contributed by atoms with Crippen LogP contribution in [0.1, 0.15) is 26.7 Å². The second-order valence-electron chi connectivity index (χ2n) is 4.01. The van der Waals surface area contributed by atoms with Crippen molar-refractivity contribution in [3.8, 4) is 0 Å². The van der Waals surface area contributed by atoms with Gasteiger partial charge in [0, 0.05) is 0 Å². The van der Waals surface area contributed by atoms with Gasteiger partial charge in [-0.3, -0.25) is 0 Å². The molecule has 0 bridgehead atoms. The molecule has 0 aromatic rings. The summed E-state index contributed by atoms with van der Waals surface area (Å²) in [6.07, 6.45) is 2.09. The summed E-state index contributed by atoms with van der Waals surface area (Å²) in [5, 5.41) is 0. The molecule has 0 saturated carbocycles. The van der Waals surface area contributed by atoms with E-state index in [1.807, 2.05) is 0 Å². The van der Waals surface area contributed by atoms with E-state index < -0.39 is 8.17 Å². The standard InChI is InChI=1S/C8H20NO4P/c1-7(2)9-5-3-4-8(9)6-13-14(10,11)12/h7-8,10-12,14H,3-6H2,1-2H3. The number of rotatable bonds is 4. The van der Waals surface area contributed by atoms with Crippen molar-refractivity contribution in [2.75, 3.05) is 13.2 Å². The second-order valence-corrected chi connectivity index (χ2v) is 5.45. The maximum absolute atomic E-state index is 8.71. The van der Waals surface area contributed by atoms with Gasteiger partial charge >= 0.3 is 84.2 Å². The molecule has 86 valence electrons. The van der Waals surface area contributed by atoms with Crippen molar-refractivity contribution in [2.24, 2.45) is 0 Å². The van der Waals surface area contributed by atoms with E-state index >= 15 is 0 Å². The van der Waals surface area contributed by atoms with E-state index in [1.54, 1.807) is 0 Å². The van der Waals surface area contributed by atoms with Crippen LogP contribution in [0.3, 0.4) is 0 Å². The first kappa shape index (κ1) is 12.3. The van der Waals surface area contributed by atoms with Crippen LogP contribution < -0.4 is 0 Å². The SMILES string of the molecule is CC(C)N1CCCC1CO[PH](O)(O)O. The quantitative estimate of drug-likeness (QED) is 0.599. The average Bonchev–Trinajstić information content (AvgIpc) is 2.46. The fraction of sp³-hybridized carbons (Fsp3) is 1.00. The average molecular weight is 225 g/mol. The molecule has 1 fully saturated rings. The molecule has 1 unspecified atom stereocenters. The Hall–Kier alpha value is 0.230. The molecule has 1 aliphatic rings. The number of hydrogen-bond donors (Lipinski definition) is 3. The van der Waals surface area contributed by atoms with Gasteiger partial charge in [-0.05, 0) is 0 Å². The number of nitrogens with zero attached hydrogens (tertiary/aromatic N) is 1. The molecule has 1 saturated heterocycles. The van der Waals surface area contributed by atoms with Gasteiger partial charge in [-0.25, -0.2) is 0 Å². The monoisotopic (exact) mass is 225 g/mol. The van der Waals surface area contributed by atoms with Crippen LogP contribution in [0.15, 0.2) is 0 Å². The van der Waals surface area contributed by atoms with Gasteiger partial charge in [0.15, 0.2) is 0 Å². The van der Waals surface area contributed by atoms with Crippen LogP contribution in [-0.2, 0) is 4.52 Å². The third-order valence-electron chi connectivity index (χ3n) is 2.56. The third kappa shape index (κ3) is 3.77. The Bertz CT molecular complexity index is 183. The van der Waals surface area contributed by atoms with Gasteiger partial charge in [0.1, 0.15) is 0 Å². The minimum absolute atomic E-state index is 0.202. The van der Waals surface area contributed by atoms with E-state index in [4.69, 9.17) is 14.7 Å². The zero-order valence-corrected chi connectivity index (χ0v) is 9.68. The van der Waals surface area contributed by atoms with Crippen LogP contribution in [0.4, 0.5) is 0 Å². The van der Waals surface area contributed by atoms with E-state index in [-0.39, 0.29) is 12.6 Å². The van der Waals surface area contributed by atoms with Crippen LogP contribution in [0.25, 0.3) is 0 Å². The molecular formula is C8H20NO4P. The number of hydrogen-bond acceptors (Lipinski definition) is 5.